The molecular weight excluding hydrogens is 382 g/mol. The van der Waals surface area contributed by atoms with Crippen LogP contribution in [0.5, 0.6) is 0 Å². The van der Waals surface area contributed by atoms with Gasteiger partial charge in [-0.3, -0.25) is 4.79 Å². The van der Waals surface area contributed by atoms with E-state index in [1.165, 1.54) is 12.8 Å². The zero-order valence-corrected chi connectivity index (χ0v) is 15.6. The van der Waals surface area contributed by atoms with E-state index in [9.17, 15) is 4.79 Å². The molecule has 2 heterocycles. The van der Waals surface area contributed by atoms with Crippen LogP contribution in [0.15, 0.2) is 12.3 Å². The number of hydrogen-bond donors (Lipinski definition) is 1. The van der Waals surface area contributed by atoms with E-state index < -0.39 is 0 Å². The number of carbonyl (C=O) groups excluding carboxylic acids is 1. The molecule has 9 heteroatoms. The minimum Gasteiger partial charge on any atom is -0.352 e. The molecule has 0 aromatic carbocycles. The van der Waals surface area contributed by atoms with Crippen LogP contribution in [-0.2, 0) is 4.79 Å². The molecule has 1 aromatic rings. The van der Waals surface area contributed by atoms with E-state index in [1.807, 2.05) is 4.90 Å². The Balaban J connectivity index is 0.00000132. The first kappa shape index (κ1) is 20.6. The van der Waals surface area contributed by atoms with Gasteiger partial charge in [-0.2, -0.15) is 0 Å². The molecule has 0 radical (unpaired) electrons. The maximum atomic E-state index is 12.1. The molecule has 1 aliphatic carbocycles. The second kappa shape index (κ2) is 9.14. The highest BCUT2D eigenvalue weighted by atomic mass is 35.5. The van der Waals surface area contributed by atoms with E-state index in [0.717, 1.165) is 18.9 Å². The van der Waals surface area contributed by atoms with Gasteiger partial charge < -0.3 is 15.1 Å². The summed E-state index contributed by atoms with van der Waals surface area (Å²) in [5.74, 6) is 0.918. The van der Waals surface area contributed by atoms with Gasteiger partial charge in [-0.15, -0.1) is 24.8 Å². The largest absolute Gasteiger partial charge is 0.352 e. The maximum absolute atomic E-state index is 12.1. The van der Waals surface area contributed by atoms with E-state index in [-0.39, 0.29) is 30.7 Å². The standard InChI is InChI=1S/C14H18Cl2N4O.2ClH/c15-10-7-12(16)14(18-8-10)20-5-3-19(4-6-20)13(21)9-17-11-1-2-11;;/h7-8,11,17H,1-6,9H2;2*1H. The molecule has 1 saturated carbocycles. The van der Waals surface area contributed by atoms with Crippen LogP contribution in [0.3, 0.4) is 0 Å². The summed E-state index contributed by atoms with van der Waals surface area (Å²) >= 11 is 12.0. The fourth-order valence-electron chi connectivity index (χ4n) is 2.44. The maximum Gasteiger partial charge on any atom is 0.236 e. The molecule has 1 N–H and O–H groups in total. The number of piperazine rings is 1. The van der Waals surface area contributed by atoms with Crippen molar-refractivity contribution in [1.82, 2.24) is 15.2 Å². The molecule has 0 bridgehead atoms. The van der Waals surface area contributed by atoms with Gasteiger partial charge in [0.05, 0.1) is 16.6 Å². The third kappa shape index (κ3) is 5.54. The van der Waals surface area contributed by atoms with Gasteiger partial charge in [0, 0.05) is 38.4 Å². The first-order chi connectivity index (χ1) is 10.1. The molecule has 0 spiro atoms. The normalized spacial score (nSPS) is 17.3. The lowest BCUT2D eigenvalue weighted by Crippen LogP contribution is -2.51. The summed E-state index contributed by atoms with van der Waals surface area (Å²) in [5.41, 5.74) is 0. The smallest absolute Gasteiger partial charge is 0.236 e. The molecule has 130 valence electrons. The van der Waals surface area contributed by atoms with E-state index in [2.05, 4.69) is 15.2 Å². The van der Waals surface area contributed by atoms with Crippen LogP contribution in [0.25, 0.3) is 0 Å². The Hall–Kier alpha value is -0.460. The molecule has 2 aliphatic rings. The van der Waals surface area contributed by atoms with Crippen LogP contribution < -0.4 is 10.2 Å². The van der Waals surface area contributed by atoms with Crippen LogP contribution in [0.4, 0.5) is 5.82 Å². The third-order valence-electron chi connectivity index (χ3n) is 3.84. The van der Waals surface area contributed by atoms with Gasteiger partial charge in [0.1, 0.15) is 5.82 Å². The van der Waals surface area contributed by atoms with Crippen molar-refractivity contribution in [2.24, 2.45) is 0 Å². The zero-order chi connectivity index (χ0) is 14.8. The quantitative estimate of drug-likeness (QED) is 0.842. The van der Waals surface area contributed by atoms with Gasteiger partial charge in [-0.25, -0.2) is 4.98 Å². The molecule has 0 atom stereocenters. The number of carbonyl (C=O) groups is 1. The Morgan fingerprint density at radius 3 is 2.43 bits per heavy atom. The van der Waals surface area contributed by atoms with Gasteiger partial charge in [0.2, 0.25) is 5.91 Å². The fraction of sp³-hybridized carbons (Fsp3) is 0.571. The molecule has 1 amide bonds. The highest BCUT2D eigenvalue weighted by Gasteiger charge is 2.25. The molecule has 1 aromatic heterocycles. The molecule has 1 saturated heterocycles. The van der Waals surface area contributed by atoms with Crippen LogP contribution in [0.1, 0.15) is 12.8 Å². The minimum atomic E-state index is 0. The van der Waals surface area contributed by atoms with E-state index in [1.54, 1.807) is 12.3 Å². The Labute approximate surface area is 158 Å². The number of nitrogens with one attached hydrogen (secondary N) is 1. The number of anilines is 1. The van der Waals surface area contributed by atoms with Crippen molar-refractivity contribution in [3.8, 4) is 0 Å². The fourth-order valence-corrected chi connectivity index (χ4v) is 2.94. The van der Waals surface area contributed by atoms with Crippen molar-refractivity contribution < 1.29 is 4.79 Å². The van der Waals surface area contributed by atoms with E-state index in [0.29, 0.717) is 35.7 Å². The number of nitrogens with zero attached hydrogens (tertiary/aromatic N) is 3. The topological polar surface area (TPSA) is 48.5 Å². The van der Waals surface area contributed by atoms with Crippen LogP contribution >= 0.6 is 48.0 Å². The second-order valence-electron chi connectivity index (χ2n) is 5.48. The van der Waals surface area contributed by atoms with Gasteiger partial charge in [0.25, 0.3) is 0 Å². The molecule has 3 rings (SSSR count). The van der Waals surface area contributed by atoms with E-state index in [4.69, 9.17) is 23.2 Å². The van der Waals surface area contributed by atoms with Crippen molar-refractivity contribution >= 4 is 59.7 Å². The van der Waals surface area contributed by atoms with Gasteiger partial charge in [-0.1, -0.05) is 23.2 Å². The van der Waals surface area contributed by atoms with Crippen molar-refractivity contribution in [3.63, 3.8) is 0 Å². The number of pyridine rings is 1. The van der Waals surface area contributed by atoms with Crippen molar-refractivity contribution in [3.05, 3.63) is 22.3 Å². The lowest BCUT2D eigenvalue weighted by molar-refractivity contribution is -0.130. The first-order valence-corrected chi connectivity index (χ1v) is 7.96. The first-order valence-electron chi connectivity index (χ1n) is 7.20. The van der Waals surface area contributed by atoms with Crippen LogP contribution in [0, 0.1) is 0 Å². The van der Waals surface area contributed by atoms with Crippen molar-refractivity contribution in [1.29, 1.82) is 0 Å². The summed E-state index contributed by atoms with van der Waals surface area (Å²) in [5, 5.41) is 4.34. The highest BCUT2D eigenvalue weighted by Crippen LogP contribution is 2.26. The van der Waals surface area contributed by atoms with Crippen LogP contribution in [-0.4, -0.2) is 54.6 Å². The summed E-state index contributed by atoms with van der Waals surface area (Å²) in [4.78, 5) is 20.3. The number of halogens is 4. The lowest BCUT2D eigenvalue weighted by Gasteiger charge is -2.35. The molecule has 5 nitrogen and oxygen atoms in total. The highest BCUT2D eigenvalue weighted by molar-refractivity contribution is 6.36. The van der Waals surface area contributed by atoms with Crippen LogP contribution in [0.2, 0.25) is 10.0 Å². The zero-order valence-electron chi connectivity index (χ0n) is 12.5. The van der Waals surface area contributed by atoms with Gasteiger partial charge in [0.15, 0.2) is 0 Å². The average molecular weight is 402 g/mol. The second-order valence-corrected chi connectivity index (χ2v) is 6.33. The lowest BCUT2D eigenvalue weighted by atomic mass is 10.3. The van der Waals surface area contributed by atoms with E-state index >= 15 is 0 Å². The number of hydrogen-bond acceptors (Lipinski definition) is 4. The Morgan fingerprint density at radius 2 is 1.87 bits per heavy atom. The van der Waals surface area contributed by atoms with Gasteiger partial charge >= 0.3 is 0 Å². The summed E-state index contributed by atoms with van der Waals surface area (Å²) in [6.07, 6.45) is 3.99. The van der Waals surface area contributed by atoms with Gasteiger partial charge in [-0.05, 0) is 18.9 Å². The number of amides is 1. The predicted molar refractivity (Wildman–Crippen MR) is 98.6 cm³/mol. The average Bonchev–Trinajstić information content (AvgIpc) is 3.29. The third-order valence-corrected chi connectivity index (χ3v) is 4.32. The number of rotatable bonds is 4. The minimum absolute atomic E-state index is 0. The monoisotopic (exact) mass is 400 g/mol. The number of aromatic nitrogens is 1. The molecular formula is C14H20Cl4N4O. The Bertz CT molecular complexity index is 534. The molecule has 0 unspecified atom stereocenters. The summed E-state index contributed by atoms with van der Waals surface area (Å²) in [6.45, 7) is 3.33. The van der Waals surface area contributed by atoms with Crippen molar-refractivity contribution in [2.45, 2.75) is 18.9 Å². The Kier molecular flexibility index (Phi) is 8.18. The summed E-state index contributed by atoms with van der Waals surface area (Å²) in [7, 11) is 0. The molecule has 2 fully saturated rings. The van der Waals surface area contributed by atoms with Crippen molar-refractivity contribution in [2.75, 3.05) is 37.6 Å². The molecule has 1 aliphatic heterocycles. The SMILES string of the molecule is Cl.Cl.O=C(CNC1CC1)N1CCN(c2ncc(Cl)cc2Cl)CC1. The summed E-state index contributed by atoms with van der Waals surface area (Å²) < 4.78 is 0. The summed E-state index contributed by atoms with van der Waals surface area (Å²) in [6, 6.07) is 2.26. The predicted octanol–water partition coefficient (Wildman–Crippen LogP) is 2.63. The molecule has 23 heavy (non-hydrogen) atoms. The Morgan fingerprint density at radius 1 is 1.22 bits per heavy atom.